The Labute approximate surface area is 118 Å². The van der Waals surface area contributed by atoms with Gasteiger partial charge in [-0.3, -0.25) is 0 Å². The molecule has 0 saturated heterocycles. The molecule has 0 spiro atoms. The van der Waals surface area contributed by atoms with Gasteiger partial charge in [-0.15, -0.1) is 0 Å². The lowest BCUT2D eigenvalue weighted by Crippen LogP contribution is -2.14. The number of hydrogen-bond donors (Lipinski definition) is 1. The van der Waals surface area contributed by atoms with Gasteiger partial charge in [0.15, 0.2) is 0 Å². The number of nitrogens with two attached hydrogens (primary N) is 1. The van der Waals surface area contributed by atoms with E-state index in [1.165, 1.54) is 17.2 Å². The van der Waals surface area contributed by atoms with E-state index in [-0.39, 0.29) is 11.1 Å². The predicted octanol–water partition coefficient (Wildman–Crippen LogP) is 4.34. The molecule has 0 aliphatic rings. The Morgan fingerprint density at radius 3 is 2.58 bits per heavy atom. The number of aryl methyl sites for hydroxylation is 2. The van der Waals surface area contributed by atoms with Gasteiger partial charge in [0.2, 0.25) is 0 Å². The van der Waals surface area contributed by atoms with Crippen LogP contribution in [0.5, 0.6) is 0 Å². The van der Waals surface area contributed by atoms with Crippen LogP contribution in [0.25, 0.3) is 0 Å². The highest BCUT2D eigenvalue weighted by molar-refractivity contribution is 6.31. The minimum atomic E-state index is -0.422. The smallest absolute Gasteiger partial charge is 0.142 e. The van der Waals surface area contributed by atoms with Crippen molar-refractivity contribution in [2.75, 3.05) is 0 Å². The fourth-order valence-corrected chi connectivity index (χ4v) is 2.37. The fraction of sp³-hybridized carbons (Fsp3) is 0.250. The van der Waals surface area contributed by atoms with Crippen molar-refractivity contribution in [3.8, 4) is 0 Å². The van der Waals surface area contributed by atoms with Crippen LogP contribution >= 0.6 is 11.6 Å². The average molecular weight is 278 g/mol. The lowest BCUT2D eigenvalue weighted by atomic mass is 9.97. The van der Waals surface area contributed by atoms with Crippen LogP contribution in [0.1, 0.15) is 28.3 Å². The Kier molecular flexibility index (Phi) is 4.23. The lowest BCUT2D eigenvalue weighted by Gasteiger charge is -2.15. The molecule has 0 saturated carbocycles. The van der Waals surface area contributed by atoms with Crippen LogP contribution in [0.2, 0.25) is 5.02 Å². The second-order valence-electron chi connectivity index (χ2n) is 4.87. The normalized spacial score (nSPS) is 12.5. The van der Waals surface area contributed by atoms with Gasteiger partial charge in [-0.1, -0.05) is 41.9 Å². The van der Waals surface area contributed by atoms with Gasteiger partial charge in [-0.05, 0) is 48.6 Å². The maximum Gasteiger partial charge on any atom is 0.142 e. The maximum atomic E-state index is 13.4. The van der Waals surface area contributed by atoms with Gasteiger partial charge in [0.25, 0.3) is 0 Å². The molecular formula is C16H17ClFN. The molecule has 1 atom stereocenters. The summed E-state index contributed by atoms with van der Waals surface area (Å²) in [6.07, 6.45) is 0.643. The summed E-state index contributed by atoms with van der Waals surface area (Å²) in [7, 11) is 0. The highest BCUT2D eigenvalue weighted by Crippen LogP contribution is 2.26. The van der Waals surface area contributed by atoms with Gasteiger partial charge in [0.1, 0.15) is 5.82 Å². The minimum Gasteiger partial charge on any atom is -0.324 e. The summed E-state index contributed by atoms with van der Waals surface area (Å²) in [5.41, 5.74) is 10.4. The molecule has 0 aliphatic heterocycles. The van der Waals surface area contributed by atoms with E-state index < -0.39 is 5.82 Å². The zero-order chi connectivity index (χ0) is 14.0. The summed E-state index contributed by atoms with van der Waals surface area (Å²) in [6, 6.07) is 10.7. The summed E-state index contributed by atoms with van der Waals surface area (Å²) in [4.78, 5) is 0. The second-order valence-corrected chi connectivity index (χ2v) is 5.25. The van der Waals surface area contributed by atoms with Crippen molar-refractivity contribution in [2.45, 2.75) is 26.3 Å². The predicted molar refractivity (Wildman–Crippen MR) is 78.0 cm³/mol. The quantitative estimate of drug-likeness (QED) is 0.887. The molecule has 0 heterocycles. The molecule has 0 amide bonds. The molecule has 2 rings (SSSR count). The highest BCUT2D eigenvalue weighted by Gasteiger charge is 2.13. The van der Waals surface area contributed by atoms with E-state index in [1.54, 1.807) is 12.1 Å². The van der Waals surface area contributed by atoms with E-state index in [1.807, 2.05) is 0 Å². The minimum absolute atomic E-state index is 0.124. The molecule has 2 aromatic rings. The lowest BCUT2D eigenvalue weighted by molar-refractivity contribution is 0.619. The highest BCUT2D eigenvalue weighted by atomic mass is 35.5. The average Bonchev–Trinajstić information content (AvgIpc) is 2.37. The van der Waals surface area contributed by atoms with Gasteiger partial charge in [-0.2, -0.15) is 0 Å². The Morgan fingerprint density at radius 1 is 1.16 bits per heavy atom. The molecule has 2 N–H and O–H groups in total. The van der Waals surface area contributed by atoms with Crippen molar-refractivity contribution in [3.05, 3.63) is 69.5 Å². The number of rotatable bonds is 3. The third-order valence-corrected chi connectivity index (χ3v) is 3.81. The molecule has 2 aromatic carbocycles. The summed E-state index contributed by atoms with van der Waals surface area (Å²) in [5.74, 6) is -0.422. The first kappa shape index (κ1) is 14.0. The summed E-state index contributed by atoms with van der Waals surface area (Å²) in [5, 5.41) is 0.124. The molecule has 19 heavy (non-hydrogen) atoms. The molecule has 3 heteroatoms. The SMILES string of the molecule is Cc1ccc(CC(N)c2cccc(F)c2Cl)cc1C. The van der Waals surface area contributed by atoms with E-state index in [4.69, 9.17) is 17.3 Å². The molecule has 0 aliphatic carbocycles. The van der Waals surface area contributed by atoms with E-state index in [0.717, 1.165) is 5.56 Å². The Balaban J connectivity index is 2.23. The molecule has 0 fully saturated rings. The first-order valence-electron chi connectivity index (χ1n) is 6.24. The fourth-order valence-electron chi connectivity index (χ4n) is 2.10. The van der Waals surface area contributed by atoms with Crippen molar-refractivity contribution >= 4 is 11.6 Å². The third kappa shape index (κ3) is 3.14. The van der Waals surface area contributed by atoms with Crippen LogP contribution in [0.15, 0.2) is 36.4 Å². The number of halogens is 2. The Hall–Kier alpha value is -1.38. The number of benzene rings is 2. The zero-order valence-corrected chi connectivity index (χ0v) is 11.8. The van der Waals surface area contributed by atoms with Gasteiger partial charge < -0.3 is 5.73 Å². The van der Waals surface area contributed by atoms with Crippen molar-refractivity contribution < 1.29 is 4.39 Å². The molecule has 100 valence electrons. The van der Waals surface area contributed by atoms with Crippen molar-refractivity contribution in [1.82, 2.24) is 0 Å². The second kappa shape index (κ2) is 5.72. The molecule has 0 bridgehead atoms. The van der Waals surface area contributed by atoms with Gasteiger partial charge in [0.05, 0.1) is 5.02 Å². The van der Waals surface area contributed by atoms with E-state index in [0.29, 0.717) is 12.0 Å². The molecule has 1 unspecified atom stereocenters. The molecule has 0 radical (unpaired) electrons. The summed E-state index contributed by atoms with van der Waals surface area (Å²) in [6.45, 7) is 4.14. The van der Waals surface area contributed by atoms with Crippen LogP contribution in [0.3, 0.4) is 0 Å². The van der Waals surface area contributed by atoms with Gasteiger partial charge in [0, 0.05) is 6.04 Å². The summed E-state index contributed by atoms with van der Waals surface area (Å²) < 4.78 is 13.4. The zero-order valence-electron chi connectivity index (χ0n) is 11.1. The molecule has 1 nitrogen and oxygen atoms in total. The molecular weight excluding hydrogens is 261 g/mol. The van der Waals surface area contributed by atoms with Crippen LogP contribution < -0.4 is 5.73 Å². The van der Waals surface area contributed by atoms with Gasteiger partial charge >= 0.3 is 0 Å². The summed E-state index contributed by atoms with van der Waals surface area (Å²) >= 11 is 5.96. The topological polar surface area (TPSA) is 26.0 Å². The largest absolute Gasteiger partial charge is 0.324 e. The third-order valence-electron chi connectivity index (χ3n) is 3.41. The maximum absolute atomic E-state index is 13.4. The van der Waals surface area contributed by atoms with Crippen LogP contribution in [0, 0.1) is 19.7 Å². The van der Waals surface area contributed by atoms with E-state index in [9.17, 15) is 4.39 Å². The van der Waals surface area contributed by atoms with Gasteiger partial charge in [-0.25, -0.2) is 4.39 Å². The van der Waals surface area contributed by atoms with E-state index >= 15 is 0 Å². The van der Waals surface area contributed by atoms with E-state index in [2.05, 4.69) is 32.0 Å². The van der Waals surface area contributed by atoms with Crippen LogP contribution in [-0.2, 0) is 6.42 Å². The van der Waals surface area contributed by atoms with Crippen molar-refractivity contribution in [2.24, 2.45) is 5.73 Å². The first-order valence-corrected chi connectivity index (χ1v) is 6.62. The number of hydrogen-bond acceptors (Lipinski definition) is 1. The van der Waals surface area contributed by atoms with Crippen molar-refractivity contribution in [1.29, 1.82) is 0 Å². The van der Waals surface area contributed by atoms with Crippen molar-refractivity contribution in [3.63, 3.8) is 0 Å². The molecule has 0 aromatic heterocycles. The first-order chi connectivity index (χ1) is 8.99. The Bertz CT molecular complexity index is 595. The monoisotopic (exact) mass is 277 g/mol. The van der Waals surface area contributed by atoms with Crippen LogP contribution in [0.4, 0.5) is 4.39 Å². The Morgan fingerprint density at radius 2 is 1.89 bits per heavy atom. The standard InChI is InChI=1S/C16H17ClFN/c1-10-6-7-12(8-11(10)2)9-15(19)13-4-3-5-14(18)16(13)17/h3-8,15H,9,19H2,1-2H3. The van der Waals surface area contributed by atoms with Crippen LogP contribution in [-0.4, -0.2) is 0 Å².